The lowest BCUT2D eigenvalue weighted by molar-refractivity contribution is 0.0526. The quantitative estimate of drug-likeness (QED) is 0.646. The Kier molecular flexibility index (Phi) is 2.47. The molecule has 1 aliphatic heterocycles. The Labute approximate surface area is 106 Å². The van der Waals surface area contributed by atoms with Crippen LogP contribution in [0.3, 0.4) is 0 Å². The van der Waals surface area contributed by atoms with Crippen LogP contribution >= 0.6 is 0 Å². The van der Waals surface area contributed by atoms with Crippen LogP contribution in [-0.4, -0.2) is 17.1 Å². The van der Waals surface area contributed by atoms with Crippen LogP contribution in [0.25, 0.3) is 5.69 Å². The molecule has 92 valence electrons. The van der Waals surface area contributed by atoms with Crippen molar-refractivity contribution in [3.05, 3.63) is 52.8 Å². The van der Waals surface area contributed by atoms with Crippen molar-refractivity contribution in [3.63, 3.8) is 0 Å². The fourth-order valence-corrected chi connectivity index (χ4v) is 2.62. The normalized spacial score (nSPS) is 12.1. The fourth-order valence-electron chi connectivity index (χ4n) is 2.62. The molecule has 2 aromatic rings. The molecular weight excluding hydrogens is 226 g/mol. The summed E-state index contributed by atoms with van der Waals surface area (Å²) in [7, 11) is 0. The van der Waals surface area contributed by atoms with E-state index in [0.29, 0.717) is 12.2 Å². The van der Waals surface area contributed by atoms with E-state index < -0.39 is 0 Å². The molecule has 3 rings (SSSR count). The topological polar surface area (TPSA) is 31.2 Å². The van der Waals surface area contributed by atoms with E-state index in [9.17, 15) is 4.79 Å². The summed E-state index contributed by atoms with van der Waals surface area (Å²) in [6, 6.07) is 10.0. The monoisotopic (exact) mass is 241 g/mol. The summed E-state index contributed by atoms with van der Waals surface area (Å²) in [4.78, 5) is 12.0. The molecule has 0 radical (unpaired) electrons. The number of hydrogen-bond acceptors (Lipinski definition) is 2. The maximum Gasteiger partial charge on any atom is 0.340 e. The first-order valence-electron chi connectivity index (χ1n) is 6.19. The third-order valence-corrected chi connectivity index (χ3v) is 3.37. The van der Waals surface area contributed by atoms with Crippen molar-refractivity contribution in [2.75, 3.05) is 6.61 Å². The number of aromatic nitrogens is 1. The van der Waals surface area contributed by atoms with Gasteiger partial charge in [-0.05, 0) is 37.6 Å². The van der Waals surface area contributed by atoms with E-state index >= 15 is 0 Å². The van der Waals surface area contributed by atoms with Gasteiger partial charge in [-0.25, -0.2) is 4.79 Å². The van der Waals surface area contributed by atoms with Crippen LogP contribution in [0, 0.1) is 6.92 Å². The minimum Gasteiger partial charge on any atom is -0.462 e. The number of fused-ring (bicyclic) bond motifs is 3. The van der Waals surface area contributed by atoms with Crippen molar-refractivity contribution in [1.82, 2.24) is 4.57 Å². The van der Waals surface area contributed by atoms with Gasteiger partial charge in [0.1, 0.15) is 0 Å². The second kappa shape index (κ2) is 4.02. The molecular formula is C15H15NO2. The van der Waals surface area contributed by atoms with Gasteiger partial charge in [-0.2, -0.15) is 0 Å². The van der Waals surface area contributed by atoms with Crippen molar-refractivity contribution in [2.45, 2.75) is 20.3 Å². The summed E-state index contributed by atoms with van der Waals surface area (Å²) in [6.07, 6.45) is 0.885. The number of benzene rings is 1. The zero-order valence-corrected chi connectivity index (χ0v) is 10.6. The lowest BCUT2D eigenvalue weighted by Gasteiger charge is -2.11. The third kappa shape index (κ3) is 1.47. The van der Waals surface area contributed by atoms with Crippen LogP contribution in [-0.2, 0) is 11.2 Å². The number of ether oxygens (including phenoxy) is 1. The molecule has 0 atom stereocenters. The summed E-state index contributed by atoms with van der Waals surface area (Å²) >= 11 is 0. The van der Waals surface area contributed by atoms with Gasteiger partial charge in [-0.1, -0.05) is 12.1 Å². The lowest BCUT2D eigenvalue weighted by Crippen LogP contribution is -2.09. The smallest absolute Gasteiger partial charge is 0.340 e. The Morgan fingerprint density at radius 2 is 2.17 bits per heavy atom. The molecule has 0 amide bonds. The maximum absolute atomic E-state index is 12.0. The van der Waals surface area contributed by atoms with Gasteiger partial charge in [0, 0.05) is 17.8 Å². The molecule has 1 aromatic heterocycles. The van der Waals surface area contributed by atoms with Gasteiger partial charge in [-0.3, -0.25) is 0 Å². The molecule has 18 heavy (non-hydrogen) atoms. The first kappa shape index (κ1) is 11.1. The Bertz CT molecular complexity index is 625. The largest absolute Gasteiger partial charge is 0.462 e. The summed E-state index contributed by atoms with van der Waals surface area (Å²) in [5.74, 6) is -0.240. The molecule has 0 unspecified atom stereocenters. The number of aryl methyl sites for hydroxylation is 1. The molecule has 0 saturated heterocycles. The lowest BCUT2D eigenvalue weighted by atomic mass is 10.1. The number of esters is 1. The Morgan fingerprint density at radius 1 is 1.33 bits per heavy atom. The van der Waals surface area contributed by atoms with Crippen molar-refractivity contribution >= 4 is 5.97 Å². The number of hydrogen-bond donors (Lipinski definition) is 0. The van der Waals surface area contributed by atoms with Crippen molar-refractivity contribution < 1.29 is 9.53 Å². The van der Waals surface area contributed by atoms with Crippen LogP contribution in [0.4, 0.5) is 0 Å². The zero-order valence-electron chi connectivity index (χ0n) is 10.6. The molecule has 0 saturated carbocycles. The predicted molar refractivity (Wildman–Crippen MR) is 69.3 cm³/mol. The molecule has 1 aromatic carbocycles. The predicted octanol–water partition coefficient (Wildman–Crippen LogP) is 2.87. The standard InChI is InChI=1S/C15H15NO2/c1-3-18-15(17)13-6-4-5-11-9-12-8-7-10(2)16(12)14(11)13/h4-8H,3,9H2,1-2H3. The number of carbonyl (C=O) groups excluding carboxylic acids is 1. The molecule has 3 nitrogen and oxygen atoms in total. The fraction of sp³-hybridized carbons (Fsp3) is 0.267. The van der Waals surface area contributed by atoms with E-state index in [1.807, 2.05) is 19.1 Å². The second-order valence-electron chi connectivity index (χ2n) is 4.51. The highest BCUT2D eigenvalue weighted by Crippen LogP contribution is 2.33. The number of para-hydroxylation sites is 1. The minimum atomic E-state index is -0.240. The highest BCUT2D eigenvalue weighted by Gasteiger charge is 2.25. The van der Waals surface area contributed by atoms with E-state index in [2.05, 4.69) is 29.7 Å². The van der Waals surface area contributed by atoms with Gasteiger partial charge < -0.3 is 9.30 Å². The van der Waals surface area contributed by atoms with E-state index in [-0.39, 0.29) is 5.97 Å². The average Bonchev–Trinajstić information content (AvgIpc) is 2.89. The summed E-state index contributed by atoms with van der Waals surface area (Å²) in [5.41, 5.74) is 5.24. The van der Waals surface area contributed by atoms with Gasteiger partial charge in [0.2, 0.25) is 0 Å². The van der Waals surface area contributed by atoms with Crippen LogP contribution < -0.4 is 0 Å². The first-order valence-corrected chi connectivity index (χ1v) is 6.19. The van der Waals surface area contributed by atoms with Gasteiger partial charge in [0.05, 0.1) is 17.9 Å². The molecule has 3 heteroatoms. The van der Waals surface area contributed by atoms with E-state index in [1.165, 1.54) is 11.3 Å². The molecule has 0 fully saturated rings. The zero-order chi connectivity index (χ0) is 12.7. The molecule has 2 heterocycles. The van der Waals surface area contributed by atoms with E-state index in [0.717, 1.165) is 17.8 Å². The highest BCUT2D eigenvalue weighted by molar-refractivity contribution is 5.94. The SMILES string of the molecule is CCOC(=O)c1cccc2c1-n1c(C)ccc1C2. The first-order chi connectivity index (χ1) is 8.72. The summed E-state index contributed by atoms with van der Waals surface area (Å²) < 4.78 is 7.29. The van der Waals surface area contributed by atoms with Crippen LogP contribution in [0.5, 0.6) is 0 Å². The van der Waals surface area contributed by atoms with Crippen LogP contribution in [0.15, 0.2) is 30.3 Å². The number of nitrogens with zero attached hydrogens (tertiary/aromatic N) is 1. The summed E-state index contributed by atoms with van der Waals surface area (Å²) in [5, 5.41) is 0. The maximum atomic E-state index is 12.0. The van der Waals surface area contributed by atoms with E-state index in [4.69, 9.17) is 4.74 Å². The van der Waals surface area contributed by atoms with Gasteiger partial charge in [0.25, 0.3) is 0 Å². The third-order valence-electron chi connectivity index (χ3n) is 3.37. The van der Waals surface area contributed by atoms with Gasteiger partial charge >= 0.3 is 5.97 Å². The van der Waals surface area contributed by atoms with Crippen molar-refractivity contribution in [3.8, 4) is 5.69 Å². The molecule has 0 spiro atoms. The van der Waals surface area contributed by atoms with Gasteiger partial charge in [0.15, 0.2) is 0 Å². The average molecular weight is 241 g/mol. The second-order valence-corrected chi connectivity index (χ2v) is 4.51. The number of carbonyl (C=O) groups is 1. The number of rotatable bonds is 2. The minimum absolute atomic E-state index is 0.240. The highest BCUT2D eigenvalue weighted by atomic mass is 16.5. The Morgan fingerprint density at radius 3 is 2.94 bits per heavy atom. The van der Waals surface area contributed by atoms with Gasteiger partial charge in [-0.15, -0.1) is 0 Å². The van der Waals surface area contributed by atoms with Crippen molar-refractivity contribution in [1.29, 1.82) is 0 Å². The Hall–Kier alpha value is -2.03. The molecule has 0 N–H and O–H groups in total. The van der Waals surface area contributed by atoms with E-state index in [1.54, 1.807) is 0 Å². The van der Waals surface area contributed by atoms with Crippen molar-refractivity contribution in [2.24, 2.45) is 0 Å². The summed E-state index contributed by atoms with van der Waals surface area (Å²) in [6.45, 7) is 4.29. The van der Waals surface area contributed by atoms with Crippen LogP contribution in [0.1, 0.15) is 34.2 Å². The van der Waals surface area contributed by atoms with Crippen LogP contribution in [0.2, 0.25) is 0 Å². The Balaban J connectivity index is 2.19. The molecule has 0 bridgehead atoms. The molecule has 0 aliphatic carbocycles. The molecule has 1 aliphatic rings.